The van der Waals surface area contributed by atoms with Crippen LogP contribution in [0.25, 0.3) is 16.9 Å². The molecule has 0 amide bonds. The first-order valence-electron chi connectivity index (χ1n) is 19.4. The van der Waals surface area contributed by atoms with Crippen LogP contribution >= 0.6 is 24.0 Å². The van der Waals surface area contributed by atoms with E-state index < -0.39 is 5.97 Å². The molecule has 19 nitrogen and oxygen atoms in total. The fourth-order valence-corrected chi connectivity index (χ4v) is 8.63. The number of ketones is 2. The fraction of sp³-hybridized carbons (Fsp3) is 0.462. The van der Waals surface area contributed by atoms with E-state index in [0.29, 0.717) is 57.5 Å². The number of hydrogen-bond donors (Lipinski definition) is 1. The molecule has 1 aliphatic carbocycles. The molecule has 5 saturated heterocycles. The van der Waals surface area contributed by atoms with Crippen LogP contribution in [-0.4, -0.2) is 135 Å². The van der Waals surface area contributed by atoms with Crippen molar-refractivity contribution in [3.63, 3.8) is 0 Å². The summed E-state index contributed by atoms with van der Waals surface area (Å²) in [6.07, 6.45) is 17.2. The van der Waals surface area contributed by atoms with Gasteiger partial charge in [0.2, 0.25) is 0 Å². The topological polar surface area (TPSA) is 226 Å². The second-order valence-corrected chi connectivity index (χ2v) is 15.7. The van der Waals surface area contributed by atoms with Gasteiger partial charge in [0.05, 0.1) is 73.3 Å². The Morgan fingerprint density at radius 1 is 0.656 bits per heavy atom. The van der Waals surface area contributed by atoms with E-state index in [0.717, 1.165) is 63.3 Å². The van der Waals surface area contributed by atoms with Gasteiger partial charge in [-0.15, -0.1) is 12.4 Å². The van der Waals surface area contributed by atoms with Crippen molar-refractivity contribution in [3.8, 4) is 0 Å². The average molecular weight is 873 g/mol. The number of Topliss-reactive ketones (excluding diaryl/α,β-unsaturated/α-hetero) is 2. The van der Waals surface area contributed by atoms with Gasteiger partial charge in [-0.3, -0.25) is 9.59 Å². The van der Waals surface area contributed by atoms with Crippen molar-refractivity contribution in [1.29, 1.82) is 0 Å². The Bertz CT molecular complexity index is 2400. The molecule has 0 spiro atoms. The van der Waals surface area contributed by atoms with Crippen LogP contribution < -0.4 is 28.7 Å². The first kappa shape index (κ1) is 45.8. The summed E-state index contributed by atoms with van der Waals surface area (Å²) in [7, 11) is 0. The van der Waals surface area contributed by atoms with Crippen LogP contribution in [0.3, 0.4) is 0 Å². The third-order valence-corrected chi connectivity index (χ3v) is 11.7. The zero-order valence-electron chi connectivity index (χ0n) is 33.8. The molecular weight excluding hydrogens is 828 g/mol. The third-order valence-electron chi connectivity index (χ3n) is 11.5. The van der Waals surface area contributed by atoms with E-state index in [1.54, 1.807) is 29.2 Å². The molecule has 5 aliphatic heterocycles. The van der Waals surface area contributed by atoms with Crippen LogP contribution in [0.4, 0.5) is 11.6 Å². The number of carboxylic acids is 1. The largest absolute Gasteiger partial charge is 1.00 e. The quantitative estimate of drug-likeness (QED) is 0.147. The number of carboxylic acid groups (broad SMARTS) is 1. The van der Waals surface area contributed by atoms with E-state index in [1.165, 1.54) is 54.5 Å². The number of halogens is 2. The van der Waals surface area contributed by atoms with Gasteiger partial charge in [0.15, 0.2) is 28.5 Å². The van der Waals surface area contributed by atoms with Crippen molar-refractivity contribution in [2.24, 2.45) is 5.92 Å². The maximum absolute atomic E-state index is 11.6. The molecule has 318 valence electrons. The van der Waals surface area contributed by atoms with Gasteiger partial charge in [-0.2, -0.15) is 15.3 Å². The zero-order valence-corrected chi connectivity index (χ0v) is 35.4. The zero-order chi connectivity index (χ0) is 40.1. The Morgan fingerprint density at radius 3 is 1.48 bits per heavy atom. The molecule has 6 aliphatic rings. The van der Waals surface area contributed by atoms with Gasteiger partial charge in [0.1, 0.15) is 22.4 Å². The molecule has 6 fully saturated rings. The van der Waals surface area contributed by atoms with E-state index in [9.17, 15) is 14.4 Å². The summed E-state index contributed by atoms with van der Waals surface area (Å²) >= 11 is 5.69. The SMILES string of the molecule is C1C[C@H]2C[C@@H]1CO2.CC(=O)c1cnn2ccc(Cl)nc12.CC(=O)c1cnn2ccc(N3C[C@H]4C[C@@H]3CO4)nc12.Cl.O=C(O)c1cnn2ccc(N3C[C@H]4C[C@@H]3CO4)nc12.[Li+].[OH-]. The smallest absolute Gasteiger partial charge is 0.870 e. The number of ether oxygens (including phenoxy) is 3. The molecule has 1 saturated carbocycles. The molecule has 6 atom stereocenters. The number of hydrogen-bond acceptors (Lipinski definition) is 15. The fourth-order valence-electron chi connectivity index (χ4n) is 8.50. The van der Waals surface area contributed by atoms with Crippen LogP contribution in [0.5, 0.6) is 0 Å². The van der Waals surface area contributed by atoms with E-state index in [2.05, 4.69) is 40.0 Å². The first-order chi connectivity index (χ1) is 28.1. The molecule has 0 radical (unpaired) electrons. The van der Waals surface area contributed by atoms with Gasteiger partial charge in [-0.05, 0) is 70.1 Å². The Morgan fingerprint density at radius 2 is 1.11 bits per heavy atom. The normalized spacial score (nSPS) is 23.6. The van der Waals surface area contributed by atoms with Crippen molar-refractivity contribution in [1.82, 2.24) is 43.8 Å². The van der Waals surface area contributed by atoms with Crippen LogP contribution in [0, 0.1) is 5.92 Å². The minimum Gasteiger partial charge on any atom is -0.870 e. The minimum absolute atomic E-state index is 0. The van der Waals surface area contributed by atoms with Crippen molar-refractivity contribution in [2.75, 3.05) is 42.7 Å². The molecule has 0 aromatic carbocycles. The number of carbonyl (C=O) groups is 3. The van der Waals surface area contributed by atoms with Crippen LogP contribution in [-0.2, 0) is 14.2 Å². The third kappa shape index (κ3) is 9.39. The monoisotopic (exact) mass is 871 g/mol. The Hall–Kier alpha value is -4.71. The average Bonchev–Trinajstić information content (AvgIpc) is 4.09. The summed E-state index contributed by atoms with van der Waals surface area (Å²) in [5.41, 5.74) is 2.70. The molecule has 0 unspecified atom stereocenters. The van der Waals surface area contributed by atoms with Gasteiger partial charge in [0.25, 0.3) is 0 Å². The van der Waals surface area contributed by atoms with Crippen LogP contribution in [0.1, 0.15) is 77.0 Å². The molecule has 2 N–H and O–H groups in total. The maximum Gasteiger partial charge on any atom is 1.00 e. The molecular formula is C39H44Cl2LiN11O8. The summed E-state index contributed by atoms with van der Waals surface area (Å²) in [4.78, 5) is 51.3. The number of morpholine rings is 2. The van der Waals surface area contributed by atoms with Gasteiger partial charge in [0, 0.05) is 38.3 Å². The maximum atomic E-state index is 11.6. The summed E-state index contributed by atoms with van der Waals surface area (Å²) < 4.78 is 21.2. The summed E-state index contributed by atoms with van der Waals surface area (Å²) in [6.45, 7) is 7.28. The first-order valence-corrected chi connectivity index (χ1v) is 19.8. The predicted molar refractivity (Wildman–Crippen MR) is 218 cm³/mol. The summed E-state index contributed by atoms with van der Waals surface area (Å²) in [5, 5.41) is 21.6. The summed E-state index contributed by atoms with van der Waals surface area (Å²) in [5.74, 6) is 1.57. The number of aromatic nitrogens is 9. The van der Waals surface area contributed by atoms with Gasteiger partial charge in [-0.1, -0.05) is 11.6 Å². The second-order valence-electron chi connectivity index (χ2n) is 15.3. The predicted octanol–water partition coefficient (Wildman–Crippen LogP) is 1.33. The molecule has 6 aromatic heterocycles. The van der Waals surface area contributed by atoms with Gasteiger partial charge < -0.3 is 34.6 Å². The van der Waals surface area contributed by atoms with Crippen molar-refractivity contribution >= 4 is 70.1 Å². The Labute approximate surface area is 372 Å². The van der Waals surface area contributed by atoms with E-state index in [-0.39, 0.29) is 60.0 Å². The Balaban J connectivity index is 0.000000140. The summed E-state index contributed by atoms with van der Waals surface area (Å²) in [6, 6.07) is 6.21. The molecule has 12 rings (SSSR count). The number of carbonyl (C=O) groups excluding carboxylic acids is 2. The molecule has 22 heteroatoms. The van der Waals surface area contributed by atoms with Crippen molar-refractivity contribution in [2.45, 2.75) is 76.3 Å². The number of anilines is 2. The molecule has 11 heterocycles. The number of rotatable bonds is 5. The van der Waals surface area contributed by atoms with E-state index in [4.69, 9.17) is 30.9 Å². The minimum atomic E-state index is -1.01. The van der Waals surface area contributed by atoms with Crippen molar-refractivity contribution < 1.29 is 58.0 Å². The van der Waals surface area contributed by atoms with E-state index in [1.807, 2.05) is 18.3 Å². The molecule has 6 bridgehead atoms. The Kier molecular flexibility index (Phi) is 14.4. The van der Waals surface area contributed by atoms with Gasteiger partial charge in [-0.25, -0.2) is 33.3 Å². The van der Waals surface area contributed by atoms with E-state index >= 15 is 0 Å². The standard InChI is InChI=1S/C13H14N4O2.C12H12N4O3.C8H6ClN3O.C6H10O.ClH.Li.H2O/c1-8(18)11-5-14-17-3-2-12(15-13(11)17)16-6-10-4-9(16)7-19-10;17-12(18)9-4-13-16-2-1-10(14-11(9)16)15-5-8-3-7(15)6-19-8;1-5(13)6-4-10-12-3-2-7(9)11-8(6)12;1-2-6-3-5(1)4-7-6;;;/h2-3,5,9-10H,4,6-7H2,1H3;1-2,4,7-8H,3,5-6H2,(H,17,18);2-4H,1H3;5-6H,1-4H2;1H;;1H2/q;;;;;+1;/p-1/t9-,10-;7-,8-;;5-,6+;;;/m11.1.../s1. The van der Waals surface area contributed by atoms with Gasteiger partial charge >= 0.3 is 24.8 Å². The van der Waals surface area contributed by atoms with Crippen LogP contribution in [0.2, 0.25) is 5.15 Å². The van der Waals surface area contributed by atoms with Crippen LogP contribution in [0.15, 0.2) is 55.4 Å². The van der Waals surface area contributed by atoms with Crippen molar-refractivity contribution in [3.05, 3.63) is 77.2 Å². The molecule has 6 aromatic rings. The number of nitrogens with zero attached hydrogens (tertiary/aromatic N) is 11. The number of aromatic carboxylic acids is 1. The second kappa shape index (κ2) is 19.1. The molecule has 61 heavy (non-hydrogen) atoms. The number of fused-ring (bicyclic) bond motifs is 9.